The number of hydrogen-bond donors (Lipinski definition) is 1. The van der Waals surface area contributed by atoms with E-state index in [1.54, 1.807) is 0 Å². The van der Waals surface area contributed by atoms with Crippen LogP contribution in [0.5, 0.6) is 0 Å². The van der Waals surface area contributed by atoms with Crippen LogP contribution in [-0.2, 0) is 0 Å². The summed E-state index contributed by atoms with van der Waals surface area (Å²) in [7, 11) is 0. The molecule has 12 heavy (non-hydrogen) atoms. The van der Waals surface area contributed by atoms with Gasteiger partial charge in [0.05, 0.1) is 0 Å². The summed E-state index contributed by atoms with van der Waals surface area (Å²) in [5.74, 6) is 1.07. The summed E-state index contributed by atoms with van der Waals surface area (Å²) < 4.78 is 0. The predicted octanol–water partition coefficient (Wildman–Crippen LogP) is 4.06. The van der Waals surface area contributed by atoms with Crippen LogP contribution < -0.4 is 0 Å². The summed E-state index contributed by atoms with van der Waals surface area (Å²) in [6, 6.07) is 0. The van der Waals surface area contributed by atoms with E-state index in [0.29, 0.717) is 5.41 Å². The van der Waals surface area contributed by atoms with Gasteiger partial charge in [-0.25, -0.2) is 0 Å². The van der Waals surface area contributed by atoms with Gasteiger partial charge in [0.15, 0.2) is 0 Å². The quantitative estimate of drug-likeness (QED) is 0.497. The minimum atomic E-state index is 0.696. The van der Waals surface area contributed by atoms with Crippen molar-refractivity contribution in [2.45, 2.75) is 58.3 Å². The van der Waals surface area contributed by atoms with E-state index in [2.05, 4.69) is 19.6 Å². The highest BCUT2D eigenvalue weighted by Gasteiger charge is 2.25. The molecule has 72 valence electrons. The zero-order chi connectivity index (χ0) is 8.86. The topological polar surface area (TPSA) is 0 Å². The number of hydrogen-bond acceptors (Lipinski definition) is 1. The molecular formula is C11H22S. The van der Waals surface area contributed by atoms with Crippen molar-refractivity contribution in [2.24, 2.45) is 5.41 Å². The van der Waals surface area contributed by atoms with Gasteiger partial charge in [-0.05, 0) is 36.9 Å². The summed E-state index contributed by atoms with van der Waals surface area (Å²) in [5, 5.41) is 0. The van der Waals surface area contributed by atoms with Gasteiger partial charge in [0.2, 0.25) is 0 Å². The van der Waals surface area contributed by atoms with Crippen LogP contribution >= 0.6 is 12.6 Å². The smallest absolute Gasteiger partial charge is 0.00979 e. The molecule has 0 aliphatic heterocycles. The first-order chi connectivity index (χ1) is 5.77. The summed E-state index contributed by atoms with van der Waals surface area (Å²) in [4.78, 5) is 0. The van der Waals surface area contributed by atoms with Crippen LogP contribution in [0.3, 0.4) is 0 Å². The maximum absolute atomic E-state index is 4.25. The lowest BCUT2D eigenvalue weighted by Gasteiger charge is -2.33. The van der Waals surface area contributed by atoms with Gasteiger partial charge < -0.3 is 0 Å². The number of rotatable bonds is 4. The Bertz CT molecular complexity index is 114. The van der Waals surface area contributed by atoms with Crippen LogP contribution in [0, 0.1) is 5.41 Å². The van der Waals surface area contributed by atoms with Gasteiger partial charge in [-0.15, -0.1) is 0 Å². The molecule has 0 aromatic carbocycles. The molecule has 1 rings (SSSR count). The van der Waals surface area contributed by atoms with Gasteiger partial charge >= 0.3 is 0 Å². The lowest BCUT2D eigenvalue weighted by Crippen LogP contribution is -2.19. The molecule has 0 bridgehead atoms. The fourth-order valence-corrected chi connectivity index (χ4v) is 2.54. The Morgan fingerprint density at radius 3 is 2.33 bits per heavy atom. The highest BCUT2D eigenvalue weighted by atomic mass is 32.1. The van der Waals surface area contributed by atoms with Crippen LogP contribution in [0.25, 0.3) is 0 Å². The largest absolute Gasteiger partial charge is 0.179 e. The van der Waals surface area contributed by atoms with E-state index in [9.17, 15) is 0 Å². The Hall–Kier alpha value is 0.350. The van der Waals surface area contributed by atoms with Crippen molar-refractivity contribution in [2.75, 3.05) is 5.75 Å². The Labute approximate surface area is 82.5 Å². The molecule has 0 amide bonds. The predicted molar refractivity (Wildman–Crippen MR) is 58.9 cm³/mol. The van der Waals surface area contributed by atoms with Crippen LogP contribution in [-0.4, -0.2) is 5.75 Å². The molecule has 0 heterocycles. The molecule has 0 atom stereocenters. The molecule has 0 aromatic rings. The van der Waals surface area contributed by atoms with Gasteiger partial charge in [-0.2, -0.15) is 12.6 Å². The van der Waals surface area contributed by atoms with E-state index in [1.807, 2.05) is 0 Å². The third-order valence-electron chi connectivity index (χ3n) is 3.25. The molecule has 1 fully saturated rings. The minimum Gasteiger partial charge on any atom is -0.179 e. The molecular weight excluding hydrogens is 164 g/mol. The molecule has 0 nitrogen and oxygen atoms in total. The van der Waals surface area contributed by atoms with Crippen molar-refractivity contribution in [1.82, 2.24) is 0 Å². The first-order valence-corrected chi connectivity index (χ1v) is 6.01. The van der Waals surface area contributed by atoms with E-state index >= 15 is 0 Å². The fourth-order valence-electron chi connectivity index (χ4n) is 2.32. The molecule has 1 aliphatic rings. The van der Waals surface area contributed by atoms with E-state index in [1.165, 1.54) is 51.4 Å². The Morgan fingerprint density at radius 1 is 1.08 bits per heavy atom. The highest BCUT2D eigenvalue weighted by Crippen LogP contribution is 2.39. The third kappa shape index (κ3) is 3.38. The van der Waals surface area contributed by atoms with Crippen LogP contribution in [0.15, 0.2) is 0 Å². The molecule has 0 spiro atoms. The number of unbranched alkanes of at least 4 members (excludes halogenated alkanes) is 1. The lowest BCUT2D eigenvalue weighted by molar-refractivity contribution is 0.194. The molecule has 1 heteroatoms. The maximum Gasteiger partial charge on any atom is -0.00979 e. The van der Waals surface area contributed by atoms with Crippen molar-refractivity contribution >= 4 is 12.6 Å². The summed E-state index contributed by atoms with van der Waals surface area (Å²) >= 11 is 4.25. The summed E-state index contributed by atoms with van der Waals surface area (Å²) in [6.45, 7) is 2.48. The zero-order valence-electron chi connectivity index (χ0n) is 8.31. The second-order valence-electron chi connectivity index (χ2n) is 4.55. The van der Waals surface area contributed by atoms with Gasteiger partial charge in [0.1, 0.15) is 0 Å². The maximum atomic E-state index is 4.25. The lowest BCUT2D eigenvalue weighted by atomic mass is 9.73. The SMILES string of the molecule is CC1(CCCCS)CCCCC1. The highest BCUT2D eigenvalue weighted by molar-refractivity contribution is 7.80. The summed E-state index contributed by atoms with van der Waals surface area (Å²) in [5.41, 5.74) is 0.696. The van der Waals surface area contributed by atoms with Crippen molar-refractivity contribution < 1.29 is 0 Å². The molecule has 1 saturated carbocycles. The van der Waals surface area contributed by atoms with Crippen molar-refractivity contribution in [3.63, 3.8) is 0 Å². The van der Waals surface area contributed by atoms with E-state index < -0.39 is 0 Å². The third-order valence-corrected chi connectivity index (χ3v) is 3.57. The van der Waals surface area contributed by atoms with Gasteiger partial charge in [-0.3, -0.25) is 0 Å². The monoisotopic (exact) mass is 186 g/mol. The molecule has 1 aliphatic carbocycles. The van der Waals surface area contributed by atoms with Crippen molar-refractivity contribution in [3.05, 3.63) is 0 Å². The Kier molecular flexibility index (Phi) is 4.49. The van der Waals surface area contributed by atoms with Crippen molar-refractivity contribution in [3.8, 4) is 0 Å². The fraction of sp³-hybridized carbons (Fsp3) is 1.00. The average Bonchev–Trinajstić information content (AvgIpc) is 2.06. The Morgan fingerprint density at radius 2 is 1.75 bits per heavy atom. The minimum absolute atomic E-state index is 0.696. The summed E-state index contributed by atoms with van der Waals surface area (Å²) in [6.07, 6.45) is 11.5. The standard InChI is InChI=1S/C11H22S/c1-11(9-5-6-10-12)7-3-2-4-8-11/h12H,2-10H2,1H3. The van der Waals surface area contributed by atoms with Crippen LogP contribution in [0.1, 0.15) is 58.3 Å². The molecule has 0 radical (unpaired) electrons. The Balaban J connectivity index is 2.17. The molecule has 0 saturated heterocycles. The zero-order valence-corrected chi connectivity index (χ0v) is 9.21. The molecule has 0 aromatic heterocycles. The van der Waals surface area contributed by atoms with E-state index in [0.717, 1.165) is 5.75 Å². The normalized spacial score (nSPS) is 22.5. The second-order valence-corrected chi connectivity index (χ2v) is 5.00. The average molecular weight is 186 g/mol. The number of thiol groups is 1. The second kappa shape index (κ2) is 5.16. The van der Waals surface area contributed by atoms with Gasteiger partial charge in [-0.1, -0.05) is 32.6 Å². The van der Waals surface area contributed by atoms with E-state index in [-0.39, 0.29) is 0 Å². The first kappa shape index (κ1) is 10.4. The van der Waals surface area contributed by atoms with E-state index in [4.69, 9.17) is 0 Å². The first-order valence-electron chi connectivity index (χ1n) is 5.38. The van der Waals surface area contributed by atoms with Crippen LogP contribution in [0.4, 0.5) is 0 Å². The molecule has 0 N–H and O–H groups in total. The van der Waals surface area contributed by atoms with Gasteiger partial charge in [0, 0.05) is 0 Å². The molecule has 0 unspecified atom stereocenters. The van der Waals surface area contributed by atoms with Gasteiger partial charge in [0.25, 0.3) is 0 Å². The van der Waals surface area contributed by atoms with Crippen molar-refractivity contribution in [1.29, 1.82) is 0 Å². The van der Waals surface area contributed by atoms with Crippen LogP contribution in [0.2, 0.25) is 0 Å².